The molecule has 1 atom stereocenters. The Morgan fingerprint density at radius 3 is 2.55 bits per heavy atom. The van der Waals surface area contributed by atoms with Crippen molar-refractivity contribution < 1.29 is 4.79 Å². The van der Waals surface area contributed by atoms with E-state index in [1.165, 1.54) is 0 Å². The molecule has 1 unspecified atom stereocenters. The maximum Gasteiger partial charge on any atom is 0.273 e. The van der Waals surface area contributed by atoms with Crippen LogP contribution in [-0.4, -0.2) is 36.7 Å². The van der Waals surface area contributed by atoms with Crippen molar-refractivity contribution in [2.75, 3.05) is 6.54 Å². The first kappa shape index (κ1) is 21.4. The summed E-state index contributed by atoms with van der Waals surface area (Å²) in [6.45, 7) is 5.79. The summed E-state index contributed by atoms with van der Waals surface area (Å²) in [6.07, 6.45) is 8.14. The molecule has 1 aliphatic rings. The minimum absolute atomic E-state index is 0.0140. The fraction of sp³-hybridized carbons (Fsp3) is 0.192. The Labute approximate surface area is 201 Å². The average molecular weight is 502 g/mol. The van der Waals surface area contributed by atoms with Crippen molar-refractivity contribution in [3.8, 4) is 11.3 Å². The van der Waals surface area contributed by atoms with Crippen LogP contribution in [-0.2, 0) is 13.1 Å². The van der Waals surface area contributed by atoms with Crippen LogP contribution in [0.1, 0.15) is 34.1 Å². The molecule has 0 saturated carbocycles. The third kappa shape index (κ3) is 4.04. The summed E-state index contributed by atoms with van der Waals surface area (Å²) in [5.41, 5.74) is 4.56. The average Bonchev–Trinajstić information content (AvgIpc) is 3.54. The number of amides is 1. The number of fused-ring (bicyclic) bond motifs is 1. The molecule has 5 rings (SSSR count). The van der Waals surface area contributed by atoms with Gasteiger partial charge >= 0.3 is 0 Å². The lowest BCUT2D eigenvalue weighted by atomic mass is 9.96. The summed E-state index contributed by atoms with van der Waals surface area (Å²) in [4.78, 5) is 19.9. The van der Waals surface area contributed by atoms with Crippen LogP contribution in [0.5, 0.6) is 0 Å². The molecule has 33 heavy (non-hydrogen) atoms. The zero-order valence-corrected chi connectivity index (χ0v) is 19.7. The SMILES string of the molecule is C=CCn1nc(-c2ccccc2)c2c1C(=O)N(CCCn1ccnc1)C2c1ccc(Br)cc1. The lowest BCUT2D eigenvalue weighted by Gasteiger charge is -2.26. The summed E-state index contributed by atoms with van der Waals surface area (Å²) >= 11 is 3.54. The minimum Gasteiger partial charge on any atom is -0.337 e. The van der Waals surface area contributed by atoms with Crippen LogP contribution in [0.4, 0.5) is 0 Å². The number of rotatable bonds is 8. The molecule has 0 N–H and O–H groups in total. The molecule has 0 radical (unpaired) electrons. The largest absolute Gasteiger partial charge is 0.337 e. The Balaban J connectivity index is 1.60. The van der Waals surface area contributed by atoms with E-state index in [-0.39, 0.29) is 11.9 Å². The van der Waals surface area contributed by atoms with Crippen LogP contribution >= 0.6 is 15.9 Å². The second-order valence-corrected chi connectivity index (χ2v) is 8.97. The highest BCUT2D eigenvalue weighted by molar-refractivity contribution is 9.10. The second-order valence-electron chi connectivity index (χ2n) is 8.05. The molecule has 1 amide bonds. The summed E-state index contributed by atoms with van der Waals surface area (Å²) in [5.74, 6) is 0.0140. The molecule has 7 heteroatoms. The van der Waals surface area contributed by atoms with E-state index in [9.17, 15) is 4.79 Å². The van der Waals surface area contributed by atoms with Gasteiger partial charge in [-0.15, -0.1) is 6.58 Å². The topological polar surface area (TPSA) is 56.0 Å². The van der Waals surface area contributed by atoms with E-state index < -0.39 is 0 Å². The van der Waals surface area contributed by atoms with E-state index >= 15 is 0 Å². The van der Waals surface area contributed by atoms with Gasteiger partial charge in [0.15, 0.2) is 0 Å². The molecular formula is C26H24BrN5O. The van der Waals surface area contributed by atoms with Crippen molar-refractivity contribution in [1.82, 2.24) is 24.2 Å². The molecule has 4 aromatic rings. The van der Waals surface area contributed by atoms with Crippen molar-refractivity contribution in [1.29, 1.82) is 0 Å². The third-order valence-electron chi connectivity index (χ3n) is 5.95. The normalized spacial score (nSPS) is 15.1. The molecule has 0 bridgehead atoms. The number of carbonyl (C=O) groups excluding carboxylic acids is 1. The van der Waals surface area contributed by atoms with E-state index in [2.05, 4.69) is 39.6 Å². The molecule has 3 heterocycles. The molecule has 2 aromatic heterocycles. The predicted molar refractivity (Wildman–Crippen MR) is 132 cm³/mol. The van der Waals surface area contributed by atoms with Gasteiger partial charge in [0.05, 0.1) is 24.6 Å². The Bertz CT molecular complexity index is 1260. The number of aromatic nitrogens is 4. The van der Waals surface area contributed by atoms with Crippen LogP contribution in [0.3, 0.4) is 0 Å². The first-order valence-electron chi connectivity index (χ1n) is 11.0. The molecule has 1 aliphatic heterocycles. The number of allylic oxidation sites excluding steroid dienone is 1. The number of hydrogen-bond donors (Lipinski definition) is 0. The molecule has 0 spiro atoms. The first-order chi connectivity index (χ1) is 16.2. The number of aryl methyl sites for hydroxylation is 1. The highest BCUT2D eigenvalue weighted by atomic mass is 79.9. The number of carbonyl (C=O) groups is 1. The van der Waals surface area contributed by atoms with E-state index in [1.807, 2.05) is 64.5 Å². The maximum absolute atomic E-state index is 13.8. The Morgan fingerprint density at radius 2 is 1.85 bits per heavy atom. The number of halogens is 1. The fourth-order valence-corrected chi connectivity index (χ4v) is 4.76. The van der Waals surface area contributed by atoms with Gasteiger partial charge < -0.3 is 9.47 Å². The Morgan fingerprint density at radius 1 is 1.06 bits per heavy atom. The number of imidazole rings is 1. The molecule has 2 aromatic carbocycles. The monoisotopic (exact) mass is 501 g/mol. The van der Waals surface area contributed by atoms with Crippen LogP contribution in [0.15, 0.2) is 90.4 Å². The number of hydrogen-bond acceptors (Lipinski definition) is 3. The van der Waals surface area contributed by atoms with Crippen LogP contribution in [0.2, 0.25) is 0 Å². The van der Waals surface area contributed by atoms with Gasteiger partial charge in [-0.2, -0.15) is 5.10 Å². The van der Waals surface area contributed by atoms with Gasteiger partial charge in [0, 0.05) is 41.1 Å². The quantitative estimate of drug-likeness (QED) is 0.306. The summed E-state index contributed by atoms with van der Waals surface area (Å²) in [5, 5.41) is 4.87. The fourth-order valence-electron chi connectivity index (χ4n) is 4.50. The van der Waals surface area contributed by atoms with Gasteiger partial charge in [0.2, 0.25) is 0 Å². The summed E-state index contributed by atoms with van der Waals surface area (Å²) in [7, 11) is 0. The zero-order chi connectivity index (χ0) is 22.8. The van der Waals surface area contributed by atoms with Crippen LogP contribution < -0.4 is 0 Å². The summed E-state index contributed by atoms with van der Waals surface area (Å²) < 4.78 is 4.85. The number of benzene rings is 2. The second kappa shape index (κ2) is 9.19. The highest BCUT2D eigenvalue weighted by Crippen LogP contribution is 2.44. The lowest BCUT2D eigenvalue weighted by molar-refractivity contribution is 0.0734. The molecule has 6 nitrogen and oxygen atoms in total. The van der Waals surface area contributed by atoms with Gasteiger partial charge in [-0.25, -0.2) is 4.98 Å². The van der Waals surface area contributed by atoms with Gasteiger partial charge in [-0.3, -0.25) is 9.48 Å². The standard InChI is InChI=1S/C26H24BrN5O/c1-2-14-32-25-22(23(29-32)19-7-4-3-5-8-19)24(20-9-11-21(27)12-10-20)31(26(25)33)16-6-15-30-17-13-28-18-30/h2-5,7-13,17-18,24H,1,6,14-16H2. The van der Waals surface area contributed by atoms with Crippen LogP contribution in [0, 0.1) is 0 Å². The minimum atomic E-state index is -0.197. The van der Waals surface area contributed by atoms with Gasteiger partial charge in [0.1, 0.15) is 5.69 Å². The molecule has 166 valence electrons. The number of nitrogens with zero attached hydrogens (tertiary/aromatic N) is 5. The first-order valence-corrected chi connectivity index (χ1v) is 11.8. The van der Waals surface area contributed by atoms with E-state index in [0.717, 1.165) is 39.8 Å². The van der Waals surface area contributed by atoms with Gasteiger partial charge in [-0.05, 0) is 24.1 Å². The van der Waals surface area contributed by atoms with Crippen molar-refractivity contribution in [2.45, 2.75) is 25.6 Å². The van der Waals surface area contributed by atoms with Crippen LogP contribution in [0.25, 0.3) is 11.3 Å². The van der Waals surface area contributed by atoms with Crippen molar-refractivity contribution >= 4 is 21.8 Å². The van der Waals surface area contributed by atoms with Gasteiger partial charge in [-0.1, -0.05) is 64.5 Å². The Hall–Kier alpha value is -3.45. The van der Waals surface area contributed by atoms with E-state index in [1.54, 1.807) is 17.0 Å². The zero-order valence-electron chi connectivity index (χ0n) is 18.1. The molecule has 0 saturated heterocycles. The van der Waals surface area contributed by atoms with Gasteiger partial charge in [0.25, 0.3) is 5.91 Å². The molecule has 0 fully saturated rings. The molecular weight excluding hydrogens is 478 g/mol. The Kier molecular flexibility index (Phi) is 5.96. The third-order valence-corrected chi connectivity index (χ3v) is 6.48. The summed E-state index contributed by atoms with van der Waals surface area (Å²) in [6, 6.07) is 18.1. The lowest BCUT2D eigenvalue weighted by Crippen LogP contribution is -2.32. The maximum atomic E-state index is 13.8. The van der Waals surface area contributed by atoms with E-state index in [4.69, 9.17) is 5.10 Å². The molecule has 0 aliphatic carbocycles. The van der Waals surface area contributed by atoms with Crippen molar-refractivity contribution in [3.63, 3.8) is 0 Å². The van der Waals surface area contributed by atoms with Crippen molar-refractivity contribution in [3.05, 3.63) is 107 Å². The predicted octanol–water partition coefficient (Wildman–Crippen LogP) is 5.33. The van der Waals surface area contributed by atoms with Crippen molar-refractivity contribution in [2.24, 2.45) is 0 Å². The highest BCUT2D eigenvalue weighted by Gasteiger charge is 2.43. The van der Waals surface area contributed by atoms with E-state index in [0.29, 0.717) is 18.8 Å². The smallest absolute Gasteiger partial charge is 0.273 e.